The predicted octanol–water partition coefficient (Wildman–Crippen LogP) is 10.7. The second-order valence-electron chi connectivity index (χ2n) is 15.5. The SMILES string of the molecule is Cc1cc2c3c(c1)N(c1cccc(C(C)(C)c4ccccc4)c1)c1cc(C(C)(C)c4ccccc4)ccc1B3c1ccccc1N2c1ccccc1. The maximum atomic E-state index is 2.56. The first-order valence-electron chi connectivity index (χ1n) is 18.5. The third kappa shape index (κ3) is 5.02. The lowest BCUT2D eigenvalue weighted by Crippen LogP contribution is -2.61. The maximum Gasteiger partial charge on any atom is 0.252 e. The number of rotatable bonds is 6. The van der Waals surface area contributed by atoms with Crippen LogP contribution in [0, 0.1) is 6.92 Å². The van der Waals surface area contributed by atoms with Crippen molar-refractivity contribution in [1.82, 2.24) is 0 Å². The highest BCUT2D eigenvalue weighted by Gasteiger charge is 2.44. The van der Waals surface area contributed by atoms with E-state index < -0.39 is 0 Å². The highest BCUT2D eigenvalue weighted by atomic mass is 15.2. The number of para-hydroxylation sites is 2. The van der Waals surface area contributed by atoms with E-state index in [0.29, 0.717) is 0 Å². The molecule has 7 aromatic carbocycles. The molecule has 0 fully saturated rings. The molecule has 2 aliphatic rings. The first-order chi connectivity index (χ1) is 25.2. The number of nitrogens with zero attached hydrogens (tertiary/aromatic N) is 2. The van der Waals surface area contributed by atoms with Crippen molar-refractivity contribution < 1.29 is 0 Å². The van der Waals surface area contributed by atoms with Gasteiger partial charge < -0.3 is 9.80 Å². The van der Waals surface area contributed by atoms with Crippen LogP contribution < -0.4 is 26.2 Å². The molecule has 0 radical (unpaired) electrons. The van der Waals surface area contributed by atoms with Crippen LogP contribution in [0.5, 0.6) is 0 Å². The summed E-state index contributed by atoms with van der Waals surface area (Å²) in [4.78, 5) is 5.03. The van der Waals surface area contributed by atoms with Crippen molar-refractivity contribution in [2.75, 3.05) is 9.80 Å². The van der Waals surface area contributed by atoms with Crippen molar-refractivity contribution in [3.63, 3.8) is 0 Å². The summed E-state index contributed by atoms with van der Waals surface area (Å²) in [5.41, 5.74) is 17.4. The van der Waals surface area contributed by atoms with Crippen LogP contribution in [0.25, 0.3) is 0 Å². The molecule has 0 saturated carbocycles. The summed E-state index contributed by atoms with van der Waals surface area (Å²) in [5.74, 6) is 0. The molecule has 0 bridgehead atoms. The number of hydrogen-bond acceptors (Lipinski definition) is 2. The Bertz CT molecular complexity index is 2430. The van der Waals surface area contributed by atoms with Gasteiger partial charge in [0.25, 0.3) is 6.71 Å². The molecule has 52 heavy (non-hydrogen) atoms. The van der Waals surface area contributed by atoms with E-state index in [1.165, 1.54) is 78.3 Å². The quantitative estimate of drug-likeness (QED) is 0.163. The van der Waals surface area contributed by atoms with Gasteiger partial charge in [0.15, 0.2) is 0 Å². The van der Waals surface area contributed by atoms with Gasteiger partial charge in [0.2, 0.25) is 0 Å². The van der Waals surface area contributed by atoms with E-state index in [1.807, 2.05) is 0 Å². The third-order valence-corrected chi connectivity index (χ3v) is 11.7. The van der Waals surface area contributed by atoms with Crippen LogP contribution in [0.2, 0.25) is 0 Å². The van der Waals surface area contributed by atoms with Gasteiger partial charge in [-0.15, -0.1) is 0 Å². The molecule has 0 spiro atoms. The van der Waals surface area contributed by atoms with Gasteiger partial charge in [-0.2, -0.15) is 0 Å². The van der Waals surface area contributed by atoms with Gasteiger partial charge in [-0.25, -0.2) is 0 Å². The Labute approximate surface area is 309 Å². The van der Waals surface area contributed by atoms with Crippen LogP contribution in [0.15, 0.2) is 170 Å². The average Bonchev–Trinajstić information content (AvgIpc) is 3.18. The Morgan fingerprint density at radius 2 is 0.865 bits per heavy atom. The normalized spacial score (nSPS) is 13.4. The molecule has 0 aromatic heterocycles. The summed E-state index contributed by atoms with van der Waals surface area (Å²) in [6, 6.07) is 63.0. The zero-order chi connectivity index (χ0) is 35.6. The summed E-state index contributed by atoms with van der Waals surface area (Å²) in [7, 11) is 0. The van der Waals surface area contributed by atoms with Crippen LogP contribution in [-0.2, 0) is 10.8 Å². The van der Waals surface area contributed by atoms with Crippen molar-refractivity contribution in [3.05, 3.63) is 198 Å². The molecule has 0 amide bonds. The van der Waals surface area contributed by atoms with Crippen LogP contribution >= 0.6 is 0 Å². The van der Waals surface area contributed by atoms with Crippen molar-refractivity contribution in [2.45, 2.75) is 45.4 Å². The maximum absolute atomic E-state index is 2.56. The molecule has 0 atom stereocenters. The zero-order valence-corrected chi connectivity index (χ0v) is 30.6. The molecule has 7 aromatic rings. The number of aryl methyl sites for hydroxylation is 1. The van der Waals surface area contributed by atoms with Crippen molar-refractivity contribution in [1.29, 1.82) is 0 Å². The predicted molar refractivity (Wildman–Crippen MR) is 222 cm³/mol. The van der Waals surface area contributed by atoms with Crippen molar-refractivity contribution in [3.8, 4) is 0 Å². The van der Waals surface area contributed by atoms with Crippen molar-refractivity contribution >= 4 is 57.2 Å². The molecular formula is C49H43BN2. The molecule has 0 aliphatic carbocycles. The fourth-order valence-corrected chi connectivity index (χ4v) is 8.68. The van der Waals surface area contributed by atoms with Gasteiger partial charge in [0, 0.05) is 45.0 Å². The number of hydrogen-bond donors (Lipinski definition) is 0. The van der Waals surface area contributed by atoms with E-state index in [4.69, 9.17) is 0 Å². The lowest BCUT2D eigenvalue weighted by Gasteiger charge is -2.45. The first kappa shape index (κ1) is 32.1. The molecule has 0 N–H and O–H groups in total. The van der Waals surface area contributed by atoms with Crippen LogP contribution in [-0.4, -0.2) is 6.71 Å². The molecule has 2 nitrogen and oxygen atoms in total. The minimum absolute atomic E-state index is 0.0887. The molecule has 252 valence electrons. The second kappa shape index (κ2) is 12.2. The van der Waals surface area contributed by atoms with E-state index >= 15 is 0 Å². The molecule has 9 rings (SSSR count). The second-order valence-corrected chi connectivity index (χ2v) is 15.5. The molecule has 0 saturated heterocycles. The highest BCUT2D eigenvalue weighted by molar-refractivity contribution is 7.00. The van der Waals surface area contributed by atoms with Crippen LogP contribution in [0.1, 0.15) is 55.5 Å². The largest absolute Gasteiger partial charge is 0.311 e. The van der Waals surface area contributed by atoms with Gasteiger partial charge in [-0.05, 0) is 99.7 Å². The Balaban J connectivity index is 1.33. The number of anilines is 6. The van der Waals surface area contributed by atoms with Gasteiger partial charge >= 0.3 is 0 Å². The first-order valence-corrected chi connectivity index (χ1v) is 18.5. The molecule has 2 aliphatic heterocycles. The van der Waals surface area contributed by atoms with Crippen LogP contribution in [0.4, 0.5) is 34.1 Å². The fraction of sp³-hybridized carbons (Fsp3) is 0.143. The summed E-state index contributed by atoms with van der Waals surface area (Å²) in [6.45, 7) is 11.7. The lowest BCUT2D eigenvalue weighted by molar-refractivity contribution is 0.640. The summed E-state index contributed by atoms with van der Waals surface area (Å²) >= 11 is 0. The van der Waals surface area contributed by atoms with Gasteiger partial charge in [-0.1, -0.05) is 149 Å². The summed E-state index contributed by atoms with van der Waals surface area (Å²) in [6.07, 6.45) is 0. The topological polar surface area (TPSA) is 6.48 Å². The highest BCUT2D eigenvalue weighted by Crippen LogP contribution is 2.46. The summed E-state index contributed by atoms with van der Waals surface area (Å²) in [5, 5.41) is 0. The molecule has 3 heteroatoms. The Hall–Kier alpha value is -5.80. The van der Waals surface area contributed by atoms with E-state index in [2.05, 4.69) is 214 Å². The Morgan fingerprint density at radius 3 is 1.50 bits per heavy atom. The van der Waals surface area contributed by atoms with Gasteiger partial charge in [0.1, 0.15) is 0 Å². The van der Waals surface area contributed by atoms with Gasteiger partial charge in [0.05, 0.1) is 0 Å². The smallest absolute Gasteiger partial charge is 0.252 e. The number of fused-ring (bicyclic) bond motifs is 4. The van der Waals surface area contributed by atoms with E-state index in [9.17, 15) is 0 Å². The lowest BCUT2D eigenvalue weighted by atomic mass is 9.33. The Morgan fingerprint density at radius 1 is 0.385 bits per heavy atom. The van der Waals surface area contributed by atoms with E-state index in [0.717, 1.165) is 0 Å². The minimum Gasteiger partial charge on any atom is -0.311 e. The van der Waals surface area contributed by atoms with Crippen molar-refractivity contribution in [2.24, 2.45) is 0 Å². The molecule has 2 heterocycles. The fourth-order valence-electron chi connectivity index (χ4n) is 8.68. The standard InChI is InChI=1S/C49H43BN2/c1-34-30-45-47-46(31-34)52(40-25-17-22-37(32-40)48(2,3)35-18-9-6-10-19-35)44-33-38(49(4,5)36-20-11-7-12-21-36)28-29-42(44)50(47)41-26-15-16-27-43(41)51(45)39-23-13-8-14-24-39/h6-33H,1-5H3. The minimum atomic E-state index is -0.189. The third-order valence-electron chi connectivity index (χ3n) is 11.7. The molecular weight excluding hydrogens is 627 g/mol. The molecule has 0 unspecified atom stereocenters. The van der Waals surface area contributed by atoms with E-state index in [-0.39, 0.29) is 17.5 Å². The van der Waals surface area contributed by atoms with E-state index in [1.54, 1.807) is 0 Å². The monoisotopic (exact) mass is 670 g/mol. The van der Waals surface area contributed by atoms with Gasteiger partial charge in [-0.3, -0.25) is 0 Å². The summed E-state index contributed by atoms with van der Waals surface area (Å²) < 4.78 is 0. The average molecular weight is 671 g/mol. The van der Waals surface area contributed by atoms with Crippen LogP contribution in [0.3, 0.4) is 0 Å². The Kier molecular flexibility index (Phi) is 7.52. The zero-order valence-electron chi connectivity index (χ0n) is 30.6. The number of benzene rings is 7.